The molecule has 104 valence electrons. The number of nitro benzene ring substituents is 1. The van der Waals surface area contributed by atoms with Gasteiger partial charge in [-0.25, -0.2) is 0 Å². The second-order valence-corrected chi connectivity index (χ2v) is 5.95. The Morgan fingerprint density at radius 1 is 1.50 bits per heavy atom. The zero-order valence-electron chi connectivity index (χ0n) is 9.95. The van der Waals surface area contributed by atoms with Crippen LogP contribution >= 0.6 is 35.6 Å². The van der Waals surface area contributed by atoms with Gasteiger partial charge >= 0.3 is 0 Å². The Kier molecular flexibility index (Phi) is 3.98. The molecule has 1 aromatic rings. The van der Waals surface area contributed by atoms with Crippen LogP contribution < -0.4 is 5.11 Å². The number of carbonyl (C=O) groups excluding carboxylic acids is 1. The Morgan fingerprint density at radius 2 is 2.15 bits per heavy atom. The number of thiocarbonyl (C=S) groups is 1. The Morgan fingerprint density at radius 3 is 2.65 bits per heavy atom. The first-order valence-electron chi connectivity index (χ1n) is 5.17. The standard InChI is InChI=1S/C11H7ClN2O4S2/c1-13-10(16)8(20-11(13)19)3-5-2-6(12)4-7(9(5)15)14(17)18/h2-4,15H,1H3/p-1/b8-3+. The normalized spacial score (nSPS) is 17.1. The average Bonchev–Trinajstić information content (AvgIpc) is 2.61. The van der Waals surface area contributed by atoms with Gasteiger partial charge in [0.05, 0.1) is 9.83 Å². The Labute approximate surface area is 128 Å². The van der Waals surface area contributed by atoms with Crippen LogP contribution in [-0.2, 0) is 4.79 Å². The van der Waals surface area contributed by atoms with Gasteiger partial charge in [-0.2, -0.15) is 0 Å². The lowest BCUT2D eigenvalue weighted by Gasteiger charge is -2.11. The van der Waals surface area contributed by atoms with Crippen molar-refractivity contribution in [1.82, 2.24) is 4.90 Å². The molecule has 0 bridgehead atoms. The van der Waals surface area contributed by atoms with Crippen molar-refractivity contribution in [2.75, 3.05) is 7.05 Å². The van der Waals surface area contributed by atoms with Crippen LogP contribution in [0.25, 0.3) is 6.08 Å². The molecule has 9 heteroatoms. The van der Waals surface area contributed by atoms with Crippen LogP contribution in [-0.4, -0.2) is 27.1 Å². The number of halogens is 1. The fourth-order valence-electron chi connectivity index (χ4n) is 1.53. The predicted molar refractivity (Wildman–Crippen MR) is 78.5 cm³/mol. The summed E-state index contributed by atoms with van der Waals surface area (Å²) in [5.41, 5.74) is -0.645. The maximum Gasteiger partial charge on any atom is 0.265 e. The van der Waals surface area contributed by atoms with E-state index in [2.05, 4.69) is 0 Å². The van der Waals surface area contributed by atoms with E-state index in [0.717, 1.165) is 17.8 Å². The average molecular weight is 330 g/mol. The van der Waals surface area contributed by atoms with E-state index in [-0.39, 0.29) is 21.4 Å². The van der Waals surface area contributed by atoms with Crippen LogP contribution in [0.15, 0.2) is 17.0 Å². The largest absolute Gasteiger partial charge is 0.867 e. The molecule has 20 heavy (non-hydrogen) atoms. The molecule has 0 spiro atoms. The van der Waals surface area contributed by atoms with Crippen LogP contribution in [0.3, 0.4) is 0 Å². The first-order chi connectivity index (χ1) is 9.31. The molecule has 1 aromatic carbocycles. The molecule has 0 atom stereocenters. The number of nitro groups is 1. The number of amides is 1. The number of likely N-dealkylation sites (N-methyl/N-ethyl adjacent to an activating group) is 1. The van der Waals surface area contributed by atoms with E-state index >= 15 is 0 Å². The van der Waals surface area contributed by atoms with Gasteiger partial charge in [0.25, 0.3) is 11.6 Å². The van der Waals surface area contributed by atoms with E-state index < -0.39 is 16.4 Å². The molecule has 0 saturated carbocycles. The number of benzene rings is 1. The predicted octanol–water partition coefficient (Wildman–Crippen LogP) is 2.15. The molecule has 2 rings (SSSR count). The monoisotopic (exact) mass is 329 g/mol. The number of thioether (sulfide) groups is 1. The Balaban J connectivity index is 2.52. The van der Waals surface area contributed by atoms with Crippen LogP contribution in [0.2, 0.25) is 5.02 Å². The van der Waals surface area contributed by atoms with Crippen LogP contribution in [0.4, 0.5) is 5.69 Å². The van der Waals surface area contributed by atoms with Gasteiger partial charge in [-0.3, -0.25) is 19.8 Å². The lowest BCUT2D eigenvalue weighted by Crippen LogP contribution is -2.22. The molecule has 1 aliphatic rings. The second kappa shape index (κ2) is 5.39. The third kappa shape index (κ3) is 2.62. The third-order valence-corrected chi connectivity index (χ3v) is 4.24. The molecule has 1 amide bonds. The molecule has 1 aliphatic heterocycles. The molecular weight excluding hydrogens is 324 g/mol. The topological polar surface area (TPSA) is 86.5 Å². The van der Waals surface area contributed by atoms with Crippen molar-refractivity contribution in [1.29, 1.82) is 0 Å². The van der Waals surface area contributed by atoms with Crippen molar-refractivity contribution in [3.05, 3.63) is 37.7 Å². The van der Waals surface area contributed by atoms with Crippen molar-refractivity contribution in [3.8, 4) is 5.75 Å². The number of nitrogens with zero attached hydrogens (tertiary/aromatic N) is 2. The summed E-state index contributed by atoms with van der Waals surface area (Å²) in [4.78, 5) is 23.3. The van der Waals surface area contributed by atoms with Gasteiger partial charge < -0.3 is 5.11 Å². The smallest absolute Gasteiger partial charge is 0.265 e. The Bertz CT molecular complexity index is 675. The van der Waals surface area contributed by atoms with E-state index in [4.69, 9.17) is 23.8 Å². The number of hydrogen-bond donors (Lipinski definition) is 0. The van der Waals surface area contributed by atoms with Gasteiger partial charge in [0.15, 0.2) is 0 Å². The molecule has 1 heterocycles. The first-order valence-corrected chi connectivity index (χ1v) is 6.78. The molecule has 1 fully saturated rings. The minimum Gasteiger partial charge on any atom is -0.867 e. The fourth-order valence-corrected chi connectivity index (χ4v) is 2.92. The van der Waals surface area contributed by atoms with Crippen molar-refractivity contribution < 1.29 is 14.8 Å². The highest BCUT2D eigenvalue weighted by Gasteiger charge is 2.29. The fraction of sp³-hybridized carbons (Fsp3) is 0.0909. The van der Waals surface area contributed by atoms with E-state index in [0.29, 0.717) is 4.32 Å². The van der Waals surface area contributed by atoms with Gasteiger partial charge in [0, 0.05) is 18.1 Å². The zero-order valence-corrected chi connectivity index (χ0v) is 12.3. The molecule has 6 nitrogen and oxygen atoms in total. The van der Waals surface area contributed by atoms with Gasteiger partial charge in [0.2, 0.25) is 0 Å². The van der Waals surface area contributed by atoms with Crippen LogP contribution in [0, 0.1) is 10.1 Å². The van der Waals surface area contributed by atoms with Crippen LogP contribution in [0.5, 0.6) is 5.75 Å². The number of rotatable bonds is 2. The highest BCUT2D eigenvalue weighted by molar-refractivity contribution is 8.26. The van der Waals surface area contributed by atoms with Crippen molar-refractivity contribution in [3.63, 3.8) is 0 Å². The highest BCUT2D eigenvalue weighted by Crippen LogP contribution is 2.36. The minimum atomic E-state index is -0.809. The van der Waals surface area contributed by atoms with E-state index in [9.17, 15) is 20.0 Å². The van der Waals surface area contributed by atoms with Gasteiger partial charge in [0.1, 0.15) is 4.32 Å². The molecule has 0 N–H and O–H groups in total. The van der Waals surface area contributed by atoms with E-state index in [1.165, 1.54) is 24.1 Å². The summed E-state index contributed by atoms with van der Waals surface area (Å²) in [6.07, 6.45) is 1.27. The minimum absolute atomic E-state index is 0.0156. The zero-order chi connectivity index (χ0) is 15.0. The summed E-state index contributed by atoms with van der Waals surface area (Å²) in [7, 11) is 1.51. The van der Waals surface area contributed by atoms with Gasteiger partial charge in [-0.05, 0) is 23.5 Å². The summed E-state index contributed by atoms with van der Waals surface area (Å²) in [6.45, 7) is 0. The summed E-state index contributed by atoms with van der Waals surface area (Å²) in [5, 5.41) is 22.7. The van der Waals surface area contributed by atoms with Gasteiger partial charge in [-0.15, -0.1) is 0 Å². The summed E-state index contributed by atoms with van der Waals surface area (Å²) in [6, 6.07) is 2.26. The summed E-state index contributed by atoms with van der Waals surface area (Å²) >= 11 is 11.7. The van der Waals surface area contributed by atoms with Crippen molar-refractivity contribution >= 4 is 57.6 Å². The van der Waals surface area contributed by atoms with Gasteiger partial charge in [-0.1, -0.05) is 35.6 Å². The number of carbonyl (C=O) groups is 1. The second-order valence-electron chi connectivity index (χ2n) is 3.84. The molecular formula is C11H6ClN2O4S2-. The quantitative estimate of drug-likeness (QED) is 0.357. The third-order valence-electron chi connectivity index (χ3n) is 2.53. The summed E-state index contributed by atoms with van der Waals surface area (Å²) in [5.74, 6) is -1.15. The van der Waals surface area contributed by atoms with E-state index in [1.54, 1.807) is 0 Å². The molecule has 0 aromatic heterocycles. The Hall–Kier alpha value is -1.64. The maximum absolute atomic E-state index is 11.9. The molecule has 0 aliphatic carbocycles. The van der Waals surface area contributed by atoms with Crippen LogP contribution in [0.1, 0.15) is 5.56 Å². The molecule has 0 radical (unpaired) electrons. The SMILES string of the molecule is CN1C(=O)/C(=C\c2cc(Cl)cc([N+](=O)[O-])c2[O-])SC1=S. The molecule has 1 saturated heterocycles. The van der Waals surface area contributed by atoms with Crippen molar-refractivity contribution in [2.45, 2.75) is 0 Å². The summed E-state index contributed by atoms with van der Waals surface area (Å²) < 4.78 is 0.352. The van der Waals surface area contributed by atoms with Crippen molar-refractivity contribution in [2.24, 2.45) is 0 Å². The molecule has 0 unspecified atom stereocenters. The lowest BCUT2D eigenvalue weighted by molar-refractivity contribution is -0.398. The maximum atomic E-state index is 11.9. The highest BCUT2D eigenvalue weighted by atomic mass is 35.5. The lowest BCUT2D eigenvalue weighted by atomic mass is 10.1. The van der Waals surface area contributed by atoms with E-state index in [1.807, 2.05) is 0 Å². The first kappa shape index (κ1) is 14.8. The number of hydrogen-bond acceptors (Lipinski definition) is 6.